The molecular formula is C18H22N4O3. The molecule has 4 rings (SSSR count). The molecule has 1 N–H and O–H groups in total. The van der Waals surface area contributed by atoms with E-state index in [0.717, 1.165) is 31.4 Å². The first kappa shape index (κ1) is 16.1. The third-order valence-corrected chi connectivity index (χ3v) is 5.68. The molecule has 25 heavy (non-hydrogen) atoms. The third-order valence-electron chi connectivity index (χ3n) is 5.68. The predicted octanol–water partition coefficient (Wildman–Crippen LogP) is 2.20. The number of aryl methyl sites for hydroxylation is 2. The number of hydrogen-bond acceptors (Lipinski definition) is 4. The third kappa shape index (κ3) is 2.49. The zero-order valence-corrected chi connectivity index (χ0v) is 14.5. The van der Waals surface area contributed by atoms with Gasteiger partial charge in [-0.3, -0.25) is 4.79 Å². The smallest absolute Gasteiger partial charge is 0.326 e. The summed E-state index contributed by atoms with van der Waals surface area (Å²) in [5, 5.41) is 14.0. The van der Waals surface area contributed by atoms with Crippen molar-refractivity contribution >= 4 is 17.5 Å². The summed E-state index contributed by atoms with van der Waals surface area (Å²) in [7, 11) is 0. The standard InChI is InChI=1S/C18H22N4O3/c1-10-7-16-19-9-13(11(2)22(16)20-10)17(23)21-14-6-4-3-5-12(14)8-15(21)18(24)25/h7,9,12,14-15H,3-6,8H2,1-2H3,(H,24,25). The zero-order chi connectivity index (χ0) is 17.7. The molecule has 2 aliphatic rings. The first-order valence-corrected chi connectivity index (χ1v) is 8.85. The first-order valence-electron chi connectivity index (χ1n) is 8.85. The van der Waals surface area contributed by atoms with E-state index in [2.05, 4.69) is 10.1 Å². The highest BCUT2D eigenvalue weighted by Gasteiger charge is 2.48. The van der Waals surface area contributed by atoms with Gasteiger partial charge in [0.2, 0.25) is 0 Å². The van der Waals surface area contributed by atoms with Crippen molar-refractivity contribution in [2.45, 2.75) is 58.0 Å². The lowest BCUT2D eigenvalue weighted by Crippen LogP contribution is -2.46. The van der Waals surface area contributed by atoms with Gasteiger partial charge < -0.3 is 10.0 Å². The molecule has 3 atom stereocenters. The van der Waals surface area contributed by atoms with Crippen molar-refractivity contribution in [3.05, 3.63) is 29.2 Å². The molecular weight excluding hydrogens is 320 g/mol. The summed E-state index contributed by atoms with van der Waals surface area (Å²) in [6.07, 6.45) is 6.17. The van der Waals surface area contributed by atoms with Crippen LogP contribution in [-0.4, -0.2) is 48.6 Å². The SMILES string of the molecule is Cc1cc2ncc(C(=O)N3C(C(=O)O)CC4CCCCC43)c(C)n2n1. The van der Waals surface area contributed by atoms with Gasteiger partial charge in [-0.15, -0.1) is 0 Å². The van der Waals surface area contributed by atoms with Crippen molar-refractivity contribution in [1.29, 1.82) is 0 Å². The van der Waals surface area contributed by atoms with Crippen LogP contribution < -0.4 is 0 Å². The normalized spacial score (nSPS) is 26.0. The Morgan fingerprint density at radius 3 is 2.76 bits per heavy atom. The molecule has 2 aromatic rings. The number of fused-ring (bicyclic) bond motifs is 2. The van der Waals surface area contributed by atoms with Crippen LogP contribution in [0.2, 0.25) is 0 Å². The second-order valence-electron chi connectivity index (χ2n) is 7.23. The maximum absolute atomic E-state index is 13.3. The van der Waals surface area contributed by atoms with Crippen molar-refractivity contribution in [2.75, 3.05) is 0 Å². The van der Waals surface area contributed by atoms with E-state index in [1.807, 2.05) is 19.9 Å². The first-order chi connectivity index (χ1) is 12.0. The predicted molar refractivity (Wildman–Crippen MR) is 90.4 cm³/mol. The Morgan fingerprint density at radius 1 is 1.24 bits per heavy atom. The topological polar surface area (TPSA) is 87.8 Å². The zero-order valence-electron chi connectivity index (χ0n) is 14.5. The van der Waals surface area contributed by atoms with Gasteiger partial charge in [-0.1, -0.05) is 12.8 Å². The minimum atomic E-state index is -0.913. The van der Waals surface area contributed by atoms with E-state index >= 15 is 0 Å². The highest BCUT2D eigenvalue weighted by molar-refractivity contribution is 5.98. The van der Waals surface area contributed by atoms with Crippen molar-refractivity contribution < 1.29 is 14.7 Å². The molecule has 1 amide bonds. The molecule has 7 heteroatoms. The molecule has 7 nitrogen and oxygen atoms in total. The van der Waals surface area contributed by atoms with Crippen molar-refractivity contribution in [3.63, 3.8) is 0 Å². The van der Waals surface area contributed by atoms with Crippen LogP contribution in [0.1, 0.15) is 53.8 Å². The lowest BCUT2D eigenvalue weighted by Gasteiger charge is -2.33. The van der Waals surface area contributed by atoms with Gasteiger partial charge in [0, 0.05) is 18.3 Å². The average Bonchev–Trinajstić information content (AvgIpc) is 3.15. The molecule has 1 saturated carbocycles. The van der Waals surface area contributed by atoms with Gasteiger partial charge in [0.1, 0.15) is 6.04 Å². The molecule has 2 aromatic heterocycles. The summed E-state index contributed by atoms with van der Waals surface area (Å²) in [6, 6.07) is 1.14. The lowest BCUT2D eigenvalue weighted by molar-refractivity contribution is -0.141. The fourth-order valence-corrected chi connectivity index (χ4v) is 4.48. The fraction of sp³-hybridized carbons (Fsp3) is 0.556. The minimum absolute atomic E-state index is 0.0248. The van der Waals surface area contributed by atoms with Crippen LogP contribution in [0, 0.1) is 19.8 Å². The molecule has 0 bridgehead atoms. The quantitative estimate of drug-likeness (QED) is 0.904. The van der Waals surface area contributed by atoms with Gasteiger partial charge in [-0.25, -0.2) is 14.3 Å². The minimum Gasteiger partial charge on any atom is -0.480 e. The summed E-state index contributed by atoms with van der Waals surface area (Å²) in [4.78, 5) is 31.0. The van der Waals surface area contributed by atoms with E-state index in [1.54, 1.807) is 15.6 Å². The molecule has 3 heterocycles. The van der Waals surface area contributed by atoms with E-state index in [9.17, 15) is 14.7 Å². The van der Waals surface area contributed by atoms with Crippen LogP contribution in [0.15, 0.2) is 12.3 Å². The maximum Gasteiger partial charge on any atom is 0.326 e. The van der Waals surface area contributed by atoms with Crippen LogP contribution in [0.3, 0.4) is 0 Å². The lowest BCUT2D eigenvalue weighted by atomic mass is 9.84. The Hall–Kier alpha value is -2.44. The summed E-state index contributed by atoms with van der Waals surface area (Å²) in [6.45, 7) is 3.71. The number of carbonyl (C=O) groups is 2. The number of aliphatic carboxylic acids is 1. The second-order valence-corrected chi connectivity index (χ2v) is 7.23. The Morgan fingerprint density at radius 2 is 2.00 bits per heavy atom. The summed E-state index contributed by atoms with van der Waals surface area (Å²) >= 11 is 0. The van der Waals surface area contributed by atoms with E-state index in [4.69, 9.17) is 0 Å². The van der Waals surface area contributed by atoms with Gasteiger partial charge in [-0.05, 0) is 39.0 Å². The number of likely N-dealkylation sites (tertiary alicyclic amines) is 1. The Bertz CT molecular complexity index is 859. The molecule has 1 aliphatic carbocycles. The number of nitrogens with zero attached hydrogens (tertiary/aromatic N) is 4. The van der Waals surface area contributed by atoms with E-state index in [-0.39, 0.29) is 11.9 Å². The van der Waals surface area contributed by atoms with Crippen molar-refractivity contribution in [3.8, 4) is 0 Å². The molecule has 0 aromatic carbocycles. The Balaban J connectivity index is 1.75. The van der Waals surface area contributed by atoms with Crippen LogP contribution >= 0.6 is 0 Å². The monoisotopic (exact) mass is 342 g/mol. The van der Waals surface area contributed by atoms with Crippen LogP contribution in [-0.2, 0) is 4.79 Å². The Kier molecular flexibility index (Phi) is 3.74. The van der Waals surface area contributed by atoms with Gasteiger partial charge in [0.05, 0.1) is 17.0 Å². The molecule has 3 unspecified atom stereocenters. The highest BCUT2D eigenvalue weighted by atomic mass is 16.4. The molecule has 1 aliphatic heterocycles. The van der Waals surface area contributed by atoms with Crippen LogP contribution in [0.4, 0.5) is 0 Å². The van der Waals surface area contributed by atoms with Gasteiger partial charge in [-0.2, -0.15) is 5.10 Å². The number of aromatic nitrogens is 3. The van der Waals surface area contributed by atoms with Crippen LogP contribution in [0.5, 0.6) is 0 Å². The number of carboxylic acids is 1. The van der Waals surface area contributed by atoms with Crippen molar-refractivity contribution in [2.24, 2.45) is 5.92 Å². The van der Waals surface area contributed by atoms with E-state index in [1.165, 1.54) is 0 Å². The van der Waals surface area contributed by atoms with E-state index < -0.39 is 12.0 Å². The highest BCUT2D eigenvalue weighted by Crippen LogP contribution is 2.40. The van der Waals surface area contributed by atoms with Gasteiger partial charge in [0.25, 0.3) is 5.91 Å². The summed E-state index contributed by atoms with van der Waals surface area (Å²) in [5.74, 6) is -0.853. The summed E-state index contributed by atoms with van der Waals surface area (Å²) in [5.41, 5.74) is 2.66. The van der Waals surface area contributed by atoms with E-state index in [0.29, 0.717) is 29.2 Å². The number of carbonyl (C=O) groups excluding carboxylic acids is 1. The Labute approximate surface area is 145 Å². The number of rotatable bonds is 2. The largest absolute Gasteiger partial charge is 0.480 e. The summed E-state index contributed by atoms with van der Waals surface area (Å²) < 4.78 is 1.66. The van der Waals surface area contributed by atoms with Gasteiger partial charge in [0.15, 0.2) is 5.65 Å². The van der Waals surface area contributed by atoms with Crippen molar-refractivity contribution in [1.82, 2.24) is 19.5 Å². The molecule has 0 spiro atoms. The number of carboxylic acid groups (broad SMARTS) is 1. The molecule has 2 fully saturated rings. The fourth-order valence-electron chi connectivity index (χ4n) is 4.48. The van der Waals surface area contributed by atoms with Gasteiger partial charge >= 0.3 is 5.97 Å². The molecule has 1 saturated heterocycles. The second kappa shape index (κ2) is 5.82. The average molecular weight is 342 g/mol. The van der Waals surface area contributed by atoms with Crippen LogP contribution in [0.25, 0.3) is 5.65 Å². The molecule has 0 radical (unpaired) electrons. The number of hydrogen-bond donors (Lipinski definition) is 1. The molecule has 132 valence electrons. The number of amides is 1. The maximum atomic E-state index is 13.3.